The molecule has 0 bridgehead atoms. The van der Waals surface area contributed by atoms with Gasteiger partial charge in [-0.15, -0.1) is 0 Å². The minimum atomic E-state index is -0.666. The van der Waals surface area contributed by atoms with Crippen molar-refractivity contribution in [3.8, 4) is 0 Å². The normalized spacial score (nSPS) is 11.5. The fraction of sp³-hybridized carbons (Fsp3) is 0.304. The Hall–Kier alpha value is -2.88. The van der Waals surface area contributed by atoms with Crippen LogP contribution >= 0.6 is 0 Å². The maximum Gasteiger partial charge on any atom is 0.227 e. The van der Waals surface area contributed by atoms with E-state index in [0.29, 0.717) is 25.1 Å². The third-order valence-corrected chi connectivity index (χ3v) is 4.89. The third-order valence-electron chi connectivity index (χ3n) is 4.89. The van der Waals surface area contributed by atoms with Crippen LogP contribution in [0.1, 0.15) is 38.5 Å². The summed E-state index contributed by atoms with van der Waals surface area (Å²) < 4.78 is 6.04. The van der Waals surface area contributed by atoms with Crippen molar-refractivity contribution in [2.45, 2.75) is 39.2 Å². The summed E-state index contributed by atoms with van der Waals surface area (Å²) >= 11 is 0. The SMILES string of the molecule is CC(=O)CCN(C(=O)Cc1ccccc1)C(C)(C)c1cc2ccccc2o1. The molecular formula is C23H25NO3. The summed E-state index contributed by atoms with van der Waals surface area (Å²) in [5, 5.41) is 1.00. The molecule has 4 nitrogen and oxygen atoms in total. The van der Waals surface area contributed by atoms with E-state index in [1.165, 1.54) is 0 Å². The highest BCUT2D eigenvalue weighted by Crippen LogP contribution is 2.33. The molecular weight excluding hydrogens is 338 g/mol. The van der Waals surface area contributed by atoms with Gasteiger partial charge in [0, 0.05) is 18.4 Å². The number of hydrogen-bond donors (Lipinski definition) is 0. The smallest absolute Gasteiger partial charge is 0.227 e. The summed E-state index contributed by atoms with van der Waals surface area (Å²) in [6.07, 6.45) is 0.618. The van der Waals surface area contributed by atoms with E-state index < -0.39 is 5.54 Å². The Labute approximate surface area is 159 Å². The molecule has 0 aliphatic carbocycles. The minimum absolute atomic E-state index is 0.0205. The van der Waals surface area contributed by atoms with Crippen LogP contribution in [0.3, 0.4) is 0 Å². The Balaban J connectivity index is 1.92. The van der Waals surface area contributed by atoms with Crippen molar-refractivity contribution in [3.05, 3.63) is 72.0 Å². The van der Waals surface area contributed by atoms with E-state index in [2.05, 4.69) is 0 Å². The van der Waals surface area contributed by atoms with Gasteiger partial charge in [-0.05, 0) is 38.5 Å². The molecule has 0 saturated heterocycles. The molecule has 0 atom stereocenters. The minimum Gasteiger partial charge on any atom is -0.459 e. The molecule has 2 aromatic carbocycles. The Kier molecular flexibility index (Phi) is 5.45. The number of fused-ring (bicyclic) bond motifs is 1. The monoisotopic (exact) mass is 363 g/mol. The maximum atomic E-state index is 13.1. The van der Waals surface area contributed by atoms with E-state index in [-0.39, 0.29) is 11.7 Å². The number of carbonyl (C=O) groups excluding carboxylic acids is 2. The second-order valence-corrected chi connectivity index (χ2v) is 7.37. The van der Waals surface area contributed by atoms with Crippen LogP contribution in [0.4, 0.5) is 0 Å². The van der Waals surface area contributed by atoms with Gasteiger partial charge in [-0.1, -0.05) is 48.5 Å². The molecule has 0 spiro atoms. The second-order valence-electron chi connectivity index (χ2n) is 7.37. The zero-order valence-corrected chi connectivity index (χ0v) is 16.1. The van der Waals surface area contributed by atoms with Crippen molar-refractivity contribution in [2.75, 3.05) is 6.54 Å². The fourth-order valence-corrected chi connectivity index (χ4v) is 3.27. The number of furan rings is 1. The van der Waals surface area contributed by atoms with Crippen LogP contribution in [0.15, 0.2) is 65.1 Å². The molecule has 0 aliphatic rings. The zero-order chi connectivity index (χ0) is 19.4. The Bertz CT molecular complexity index is 907. The molecule has 140 valence electrons. The van der Waals surface area contributed by atoms with E-state index in [0.717, 1.165) is 16.5 Å². The molecule has 3 aromatic rings. The first-order chi connectivity index (χ1) is 12.9. The van der Waals surface area contributed by atoms with E-state index in [1.807, 2.05) is 74.5 Å². The number of hydrogen-bond acceptors (Lipinski definition) is 3. The Morgan fingerprint density at radius 2 is 1.67 bits per heavy atom. The van der Waals surface area contributed by atoms with Gasteiger partial charge in [0.05, 0.1) is 12.0 Å². The van der Waals surface area contributed by atoms with Crippen LogP contribution in [0.25, 0.3) is 11.0 Å². The highest BCUT2D eigenvalue weighted by atomic mass is 16.3. The average molecular weight is 363 g/mol. The lowest BCUT2D eigenvalue weighted by Gasteiger charge is -2.37. The van der Waals surface area contributed by atoms with Crippen molar-refractivity contribution in [3.63, 3.8) is 0 Å². The number of carbonyl (C=O) groups is 2. The van der Waals surface area contributed by atoms with Gasteiger partial charge in [-0.2, -0.15) is 0 Å². The predicted molar refractivity (Wildman–Crippen MR) is 106 cm³/mol. The number of para-hydroxylation sites is 1. The van der Waals surface area contributed by atoms with Gasteiger partial charge < -0.3 is 9.32 Å². The Morgan fingerprint density at radius 3 is 2.33 bits per heavy atom. The molecule has 0 N–H and O–H groups in total. The van der Waals surface area contributed by atoms with E-state index in [9.17, 15) is 9.59 Å². The number of benzene rings is 2. The van der Waals surface area contributed by atoms with Crippen molar-refractivity contribution < 1.29 is 14.0 Å². The Morgan fingerprint density at radius 1 is 1.00 bits per heavy atom. The highest BCUT2D eigenvalue weighted by molar-refractivity contribution is 5.82. The van der Waals surface area contributed by atoms with Crippen molar-refractivity contribution in [1.82, 2.24) is 4.90 Å². The molecule has 0 aliphatic heterocycles. The molecule has 1 heterocycles. The van der Waals surface area contributed by atoms with Gasteiger partial charge in [0.2, 0.25) is 5.91 Å². The summed E-state index contributed by atoms with van der Waals surface area (Å²) in [4.78, 5) is 26.5. The summed E-state index contributed by atoms with van der Waals surface area (Å²) in [6, 6.07) is 19.4. The summed E-state index contributed by atoms with van der Waals surface area (Å²) in [5.41, 5.74) is 1.08. The van der Waals surface area contributed by atoms with Crippen molar-refractivity contribution in [1.29, 1.82) is 0 Å². The van der Waals surface area contributed by atoms with Crippen LogP contribution in [-0.2, 0) is 21.5 Å². The molecule has 27 heavy (non-hydrogen) atoms. The van der Waals surface area contributed by atoms with Crippen LogP contribution in [-0.4, -0.2) is 23.1 Å². The van der Waals surface area contributed by atoms with E-state index in [4.69, 9.17) is 4.42 Å². The predicted octanol–water partition coefficient (Wildman–Crippen LogP) is 4.72. The topological polar surface area (TPSA) is 50.5 Å². The van der Waals surface area contributed by atoms with E-state index in [1.54, 1.807) is 11.8 Å². The highest BCUT2D eigenvalue weighted by Gasteiger charge is 2.35. The number of Topliss-reactive ketones (excluding diaryl/α,β-unsaturated/α-hetero) is 1. The van der Waals surface area contributed by atoms with E-state index >= 15 is 0 Å². The molecule has 0 radical (unpaired) electrons. The molecule has 0 fully saturated rings. The van der Waals surface area contributed by atoms with Gasteiger partial charge in [-0.25, -0.2) is 0 Å². The lowest BCUT2D eigenvalue weighted by molar-refractivity contribution is -0.137. The lowest BCUT2D eigenvalue weighted by atomic mass is 9.96. The van der Waals surface area contributed by atoms with Gasteiger partial charge in [-0.3, -0.25) is 9.59 Å². The van der Waals surface area contributed by atoms with Crippen molar-refractivity contribution >= 4 is 22.7 Å². The van der Waals surface area contributed by atoms with Gasteiger partial charge in [0.1, 0.15) is 17.1 Å². The largest absolute Gasteiger partial charge is 0.459 e. The molecule has 1 amide bonds. The van der Waals surface area contributed by atoms with Crippen molar-refractivity contribution in [2.24, 2.45) is 0 Å². The number of rotatable bonds is 7. The molecule has 0 unspecified atom stereocenters. The molecule has 1 aromatic heterocycles. The average Bonchev–Trinajstić information content (AvgIpc) is 3.07. The van der Waals surface area contributed by atoms with Gasteiger partial charge in [0.15, 0.2) is 0 Å². The van der Waals surface area contributed by atoms with Gasteiger partial charge in [0.25, 0.3) is 0 Å². The van der Waals surface area contributed by atoms with Crippen LogP contribution in [0, 0.1) is 0 Å². The van der Waals surface area contributed by atoms with Gasteiger partial charge >= 0.3 is 0 Å². The van der Waals surface area contributed by atoms with Crippen LogP contribution in [0.2, 0.25) is 0 Å². The summed E-state index contributed by atoms with van der Waals surface area (Å²) in [5.74, 6) is 0.759. The first-order valence-corrected chi connectivity index (χ1v) is 9.21. The zero-order valence-electron chi connectivity index (χ0n) is 16.1. The molecule has 0 saturated carbocycles. The fourth-order valence-electron chi connectivity index (χ4n) is 3.27. The number of amides is 1. The number of nitrogens with zero attached hydrogens (tertiary/aromatic N) is 1. The quantitative estimate of drug-likeness (QED) is 0.610. The lowest BCUT2D eigenvalue weighted by Crippen LogP contribution is -2.47. The van der Waals surface area contributed by atoms with Crippen LogP contribution < -0.4 is 0 Å². The second kappa shape index (κ2) is 7.78. The summed E-state index contributed by atoms with van der Waals surface area (Å²) in [7, 11) is 0. The molecule has 4 heteroatoms. The standard InChI is InChI=1S/C23H25NO3/c1-17(25)13-14-24(22(26)15-18-9-5-4-6-10-18)23(2,3)21-16-19-11-7-8-12-20(19)27-21/h4-12,16H,13-15H2,1-3H3. The maximum absolute atomic E-state index is 13.1. The first kappa shape index (κ1) is 18.9. The van der Waals surface area contributed by atoms with Crippen LogP contribution in [0.5, 0.6) is 0 Å². The molecule has 3 rings (SSSR count). The number of ketones is 1. The third kappa shape index (κ3) is 4.27. The first-order valence-electron chi connectivity index (χ1n) is 9.21. The summed E-state index contributed by atoms with van der Waals surface area (Å²) in [6.45, 7) is 5.85.